The van der Waals surface area contributed by atoms with E-state index in [1.54, 1.807) is 18.0 Å². The molecule has 19 heavy (non-hydrogen) atoms. The quantitative estimate of drug-likeness (QED) is 0.572. The molecule has 1 aliphatic carbocycles. The van der Waals surface area contributed by atoms with Crippen molar-refractivity contribution in [3.63, 3.8) is 0 Å². The van der Waals surface area contributed by atoms with Crippen molar-refractivity contribution in [3.8, 4) is 0 Å². The van der Waals surface area contributed by atoms with Gasteiger partial charge in [-0.3, -0.25) is 0 Å². The molecule has 1 heterocycles. The molecule has 0 amide bonds. The number of nitrogens with one attached hydrogen (secondary N) is 1. The summed E-state index contributed by atoms with van der Waals surface area (Å²) in [5.74, 6) is 1.01. The molecule has 2 N–H and O–H groups in total. The van der Waals surface area contributed by atoms with Crippen LogP contribution in [-0.4, -0.2) is 34.0 Å². The lowest BCUT2D eigenvalue weighted by Gasteiger charge is -2.29. The molecule has 1 aromatic rings. The van der Waals surface area contributed by atoms with Gasteiger partial charge in [-0.15, -0.1) is 11.8 Å². The molecule has 1 atom stereocenters. The summed E-state index contributed by atoms with van der Waals surface area (Å²) in [5, 5.41) is 14.7. The van der Waals surface area contributed by atoms with E-state index in [1.807, 2.05) is 12.1 Å². The standard InChI is InChI=1S/C14H21ClN2OS/c1-14(10-18,17-12-4-5-12)7-2-8-19-13-6-3-11(15)9-16-13/h3,6,9,12,17-18H,2,4-5,7-8,10H2,1H3. The lowest BCUT2D eigenvalue weighted by atomic mass is 9.97. The van der Waals surface area contributed by atoms with Crippen LogP contribution in [0.5, 0.6) is 0 Å². The fourth-order valence-electron chi connectivity index (χ4n) is 2.00. The molecule has 0 bridgehead atoms. The first-order chi connectivity index (χ1) is 9.11. The third-order valence-corrected chi connectivity index (χ3v) is 4.56. The molecule has 1 fully saturated rings. The normalized spacial score (nSPS) is 18.3. The molecule has 5 heteroatoms. The van der Waals surface area contributed by atoms with Crippen LogP contribution < -0.4 is 5.32 Å². The van der Waals surface area contributed by atoms with Crippen molar-refractivity contribution in [2.75, 3.05) is 12.4 Å². The molecule has 1 saturated carbocycles. The van der Waals surface area contributed by atoms with Crippen LogP contribution in [0.4, 0.5) is 0 Å². The topological polar surface area (TPSA) is 45.2 Å². The number of nitrogens with zero attached hydrogens (tertiary/aromatic N) is 1. The van der Waals surface area contributed by atoms with Crippen LogP contribution in [0.2, 0.25) is 5.02 Å². The van der Waals surface area contributed by atoms with Crippen molar-refractivity contribution in [3.05, 3.63) is 23.4 Å². The Balaban J connectivity index is 1.68. The summed E-state index contributed by atoms with van der Waals surface area (Å²) >= 11 is 7.53. The molecule has 0 saturated heterocycles. The number of hydrogen-bond acceptors (Lipinski definition) is 4. The SMILES string of the molecule is CC(CO)(CCCSc1ccc(Cl)cn1)NC1CC1. The minimum Gasteiger partial charge on any atom is -0.394 e. The predicted molar refractivity (Wildman–Crippen MR) is 80.9 cm³/mol. The second kappa shape index (κ2) is 6.93. The van der Waals surface area contributed by atoms with Gasteiger partial charge in [0.25, 0.3) is 0 Å². The molecule has 0 spiro atoms. The molecule has 2 rings (SSSR count). The van der Waals surface area contributed by atoms with E-state index >= 15 is 0 Å². The minimum absolute atomic E-state index is 0.130. The van der Waals surface area contributed by atoms with Crippen molar-refractivity contribution in [2.45, 2.75) is 49.2 Å². The van der Waals surface area contributed by atoms with E-state index in [0.29, 0.717) is 11.1 Å². The van der Waals surface area contributed by atoms with Gasteiger partial charge in [0.1, 0.15) is 0 Å². The van der Waals surface area contributed by atoms with Crippen LogP contribution in [-0.2, 0) is 0 Å². The second-order valence-corrected chi connectivity index (χ2v) is 6.96. The van der Waals surface area contributed by atoms with Crippen molar-refractivity contribution >= 4 is 23.4 Å². The summed E-state index contributed by atoms with van der Waals surface area (Å²) in [7, 11) is 0. The van der Waals surface area contributed by atoms with Gasteiger partial charge < -0.3 is 10.4 Å². The highest BCUT2D eigenvalue weighted by Gasteiger charge is 2.31. The highest BCUT2D eigenvalue weighted by molar-refractivity contribution is 7.99. The molecule has 0 aromatic carbocycles. The summed E-state index contributed by atoms with van der Waals surface area (Å²) in [6, 6.07) is 4.44. The van der Waals surface area contributed by atoms with Crippen LogP contribution >= 0.6 is 23.4 Å². The Bertz CT molecular complexity index is 397. The summed E-state index contributed by atoms with van der Waals surface area (Å²) in [6.45, 7) is 2.31. The molecular weight excluding hydrogens is 280 g/mol. The van der Waals surface area contributed by atoms with Gasteiger partial charge in [0.15, 0.2) is 0 Å². The fraction of sp³-hybridized carbons (Fsp3) is 0.643. The zero-order valence-electron chi connectivity index (χ0n) is 11.2. The van der Waals surface area contributed by atoms with Gasteiger partial charge in [-0.2, -0.15) is 0 Å². The Morgan fingerprint density at radius 2 is 2.32 bits per heavy atom. The second-order valence-electron chi connectivity index (χ2n) is 5.40. The van der Waals surface area contributed by atoms with Gasteiger partial charge in [-0.25, -0.2) is 4.98 Å². The van der Waals surface area contributed by atoms with Gasteiger partial charge in [0.2, 0.25) is 0 Å². The molecule has 3 nitrogen and oxygen atoms in total. The first-order valence-corrected chi connectivity index (χ1v) is 8.11. The lowest BCUT2D eigenvalue weighted by Crippen LogP contribution is -2.46. The molecule has 1 aliphatic rings. The number of rotatable bonds is 8. The van der Waals surface area contributed by atoms with E-state index in [4.69, 9.17) is 11.6 Å². The largest absolute Gasteiger partial charge is 0.394 e. The summed E-state index contributed by atoms with van der Waals surface area (Å²) in [4.78, 5) is 4.26. The van der Waals surface area contributed by atoms with E-state index in [0.717, 1.165) is 23.6 Å². The zero-order valence-corrected chi connectivity index (χ0v) is 12.8. The molecular formula is C14H21ClN2OS. The fourth-order valence-corrected chi connectivity index (χ4v) is 2.91. The number of thioether (sulfide) groups is 1. The summed E-state index contributed by atoms with van der Waals surface area (Å²) in [6.07, 6.45) is 6.22. The van der Waals surface area contributed by atoms with Crippen molar-refractivity contribution in [1.82, 2.24) is 10.3 Å². The van der Waals surface area contributed by atoms with E-state index < -0.39 is 0 Å². The van der Waals surface area contributed by atoms with E-state index in [1.165, 1.54) is 12.8 Å². The molecule has 1 unspecified atom stereocenters. The molecule has 106 valence electrons. The van der Waals surface area contributed by atoms with Crippen LogP contribution in [0.25, 0.3) is 0 Å². The van der Waals surface area contributed by atoms with Crippen LogP contribution in [0.3, 0.4) is 0 Å². The summed E-state index contributed by atoms with van der Waals surface area (Å²) < 4.78 is 0. The van der Waals surface area contributed by atoms with Crippen molar-refractivity contribution in [1.29, 1.82) is 0 Å². The molecule has 0 aliphatic heterocycles. The first-order valence-electron chi connectivity index (χ1n) is 6.74. The van der Waals surface area contributed by atoms with Crippen LogP contribution in [0, 0.1) is 0 Å². The highest BCUT2D eigenvalue weighted by Crippen LogP contribution is 2.26. The van der Waals surface area contributed by atoms with Gasteiger partial charge in [0.05, 0.1) is 16.7 Å². The number of halogens is 1. The Morgan fingerprint density at radius 1 is 1.53 bits per heavy atom. The Kier molecular flexibility index (Phi) is 5.51. The monoisotopic (exact) mass is 300 g/mol. The predicted octanol–water partition coefficient (Wildman–Crippen LogP) is 3.11. The van der Waals surface area contributed by atoms with Crippen LogP contribution in [0.1, 0.15) is 32.6 Å². The average molecular weight is 301 g/mol. The maximum Gasteiger partial charge on any atom is 0.0960 e. The molecule has 0 radical (unpaired) electrons. The van der Waals surface area contributed by atoms with E-state index in [2.05, 4.69) is 17.2 Å². The van der Waals surface area contributed by atoms with Crippen molar-refractivity contribution in [2.24, 2.45) is 0 Å². The average Bonchev–Trinajstić information content (AvgIpc) is 3.21. The number of pyridine rings is 1. The number of hydrogen-bond donors (Lipinski definition) is 2. The maximum absolute atomic E-state index is 9.51. The smallest absolute Gasteiger partial charge is 0.0960 e. The van der Waals surface area contributed by atoms with Crippen molar-refractivity contribution < 1.29 is 5.11 Å². The number of aliphatic hydroxyl groups is 1. The Morgan fingerprint density at radius 3 is 2.89 bits per heavy atom. The van der Waals surface area contributed by atoms with Gasteiger partial charge >= 0.3 is 0 Å². The zero-order chi connectivity index (χ0) is 13.7. The minimum atomic E-state index is -0.130. The Hall–Kier alpha value is -0.290. The van der Waals surface area contributed by atoms with Gasteiger partial charge in [-0.05, 0) is 50.5 Å². The number of aliphatic hydroxyl groups excluding tert-OH is 1. The van der Waals surface area contributed by atoms with Gasteiger partial charge in [0, 0.05) is 17.8 Å². The van der Waals surface area contributed by atoms with E-state index in [9.17, 15) is 5.11 Å². The molecule has 1 aromatic heterocycles. The third-order valence-electron chi connectivity index (χ3n) is 3.30. The van der Waals surface area contributed by atoms with Crippen LogP contribution in [0.15, 0.2) is 23.4 Å². The highest BCUT2D eigenvalue weighted by atomic mass is 35.5. The Labute approximate surface area is 124 Å². The van der Waals surface area contributed by atoms with Gasteiger partial charge in [-0.1, -0.05) is 11.6 Å². The van der Waals surface area contributed by atoms with E-state index in [-0.39, 0.29) is 12.1 Å². The third kappa shape index (κ3) is 5.30. The lowest BCUT2D eigenvalue weighted by molar-refractivity contribution is 0.163. The first kappa shape index (κ1) is 15.1. The maximum atomic E-state index is 9.51. The summed E-state index contributed by atoms with van der Waals surface area (Å²) in [5.41, 5.74) is -0.130. The number of aromatic nitrogens is 1.